The van der Waals surface area contributed by atoms with Gasteiger partial charge in [0.1, 0.15) is 5.82 Å². The molecule has 98 valence electrons. The van der Waals surface area contributed by atoms with Gasteiger partial charge in [0.2, 0.25) is 0 Å². The minimum Gasteiger partial charge on any atom is -0.256 e. The van der Waals surface area contributed by atoms with Gasteiger partial charge in [0.05, 0.1) is 5.69 Å². The second-order valence-corrected chi connectivity index (χ2v) is 4.83. The van der Waals surface area contributed by atoms with Gasteiger partial charge < -0.3 is 0 Å². The maximum absolute atomic E-state index is 13.4. The Labute approximate surface area is 117 Å². The zero-order valence-corrected chi connectivity index (χ0v) is 11.2. The number of fused-ring (bicyclic) bond motifs is 1. The molecule has 1 nitrogen and oxygen atoms in total. The van der Waals surface area contributed by atoms with Crippen molar-refractivity contribution in [3.05, 3.63) is 72.3 Å². The second kappa shape index (κ2) is 4.89. The summed E-state index contributed by atoms with van der Waals surface area (Å²) in [5, 5.41) is 2.14. The summed E-state index contributed by atoms with van der Waals surface area (Å²) in [5.41, 5.74) is 3.83. The lowest BCUT2D eigenvalue weighted by molar-refractivity contribution is 0.628. The first-order valence-electron chi connectivity index (χ1n) is 6.46. The largest absolute Gasteiger partial charge is 0.256 e. The van der Waals surface area contributed by atoms with E-state index in [0.29, 0.717) is 0 Å². The van der Waals surface area contributed by atoms with Gasteiger partial charge in [0.15, 0.2) is 0 Å². The Morgan fingerprint density at radius 3 is 2.70 bits per heavy atom. The molecule has 0 radical (unpaired) electrons. The maximum Gasteiger partial charge on any atom is 0.123 e. The highest BCUT2D eigenvalue weighted by Crippen LogP contribution is 2.27. The summed E-state index contributed by atoms with van der Waals surface area (Å²) in [6, 6.07) is 12.9. The van der Waals surface area contributed by atoms with Crippen molar-refractivity contribution in [2.45, 2.75) is 6.92 Å². The fourth-order valence-corrected chi connectivity index (χ4v) is 2.34. The molecule has 0 atom stereocenters. The Hall–Kier alpha value is -2.48. The summed E-state index contributed by atoms with van der Waals surface area (Å²) in [5.74, 6) is -0.217. The Balaban J connectivity index is 2.18. The smallest absolute Gasteiger partial charge is 0.123 e. The van der Waals surface area contributed by atoms with Crippen molar-refractivity contribution in [1.82, 2.24) is 4.98 Å². The first-order chi connectivity index (χ1) is 9.67. The summed E-state index contributed by atoms with van der Waals surface area (Å²) in [6.07, 6.45) is 3.55. The average molecular weight is 263 g/mol. The van der Waals surface area contributed by atoms with Gasteiger partial charge in [0.25, 0.3) is 0 Å². The molecule has 0 spiro atoms. The molecular weight excluding hydrogens is 249 g/mol. The molecule has 0 fully saturated rings. The molecule has 2 aromatic carbocycles. The first kappa shape index (κ1) is 12.5. The summed E-state index contributed by atoms with van der Waals surface area (Å²) in [4.78, 5) is 4.31. The summed E-state index contributed by atoms with van der Waals surface area (Å²) in [7, 11) is 0. The molecule has 0 amide bonds. The molecule has 1 heterocycles. The van der Waals surface area contributed by atoms with Gasteiger partial charge in [-0.2, -0.15) is 0 Å². The van der Waals surface area contributed by atoms with Gasteiger partial charge in [-0.25, -0.2) is 4.39 Å². The highest BCUT2D eigenvalue weighted by molar-refractivity contribution is 5.88. The van der Waals surface area contributed by atoms with Crippen LogP contribution in [-0.4, -0.2) is 4.98 Å². The topological polar surface area (TPSA) is 12.9 Å². The van der Waals surface area contributed by atoms with Crippen LogP contribution in [0.25, 0.3) is 28.0 Å². The van der Waals surface area contributed by atoms with E-state index >= 15 is 0 Å². The van der Waals surface area contributed by atoms with E-state index in [0.717, 1.165) is 33.2 Å². The quantitative estimate of drug-likeness (QED) is 0.634. The van der Waals surface area contributed by atoms with Crippen LogP contribution in [0.4, 0.5) is 4.39 Å². The van der Waals surface area contributed by atoms with Crippen LogP contribution >= 0.6 is 0 Å². The standard InChI is InChI=1S/C18H14FN/c1-3-17-9-13-5-6-14(8-15(13)11-20-17)18-10-16(19)7-4-12(18)2/h3-11H,1H2,2H3. The lowest BCUT2D eigenvalue weighted by atomic mass is 9.98. The van der Waals surface area contributed by atoms with E-state index in [9.17, 15) is 4.39 Å². The number of nitrogens with zero attached hydrogens (tertiary/aromatic N) is 1. The highest BCUT2D eigenvalue weighted by atomic mass is 19.1. The molecule has 0 aliphatic carbocycles. The van der Waals surface area contributed by atoms with Crippen LogP contribution in [0.2, 0.25) is 0 Å². The second-order valence-electron chi connectivity index (χ2n) is 4.83. The minimum absolute atomic E-state index is 0.217. The van der Waals surface area contributed by atoms with Crippen LogP contribution in [0, 0.1) is 12.7 Å². The van der Waals surface area contributed by atoms with E-state index in [1.54, 1.807) is 18.2 Å². The van der Waals surface area contributed by atoms with Crippen LogP contribution < -0.4 is 0 Å². The van der Waals surface area contributed by atoms with Crippen LogP contribution in [-0.2, 0) is 0 Å². The number of benzene rings is 2. The van der Waals surface area contributed by atoms with Gasteiger partial charge in [0, 0.05) is 11.6 Å². The number of aryl methyl sites for hydroxylation is 1. The van der Waals surface area contributed by atoms with Crippen molar-refractivity contribution < 1.29 is 4.39 Å². The number of hydrogen-bond donors (Lipinski definition) is 0. The van der Waals surface area contributed by atoms with Crippen molar-refractivity contribution in [1.29, 1.82) is 0 Å². The van der Waals surface area contributed by atoms with Crippen LogP contribution in [0.1, 0.15) is 11.3 Å². The van der Waals surface area contributed by atoms with Gasteiger partial charge >= 0.3 is 0 Å². The van der Waals surface area contributed by atoms with Crippen molar-refractivity contribution in [3.8, 4) is 11.1 Å². The molecule has 0 bridgehead atoms. The number of hydrogen-bond acceptors (Lipinski definition) is 1. The Kier molecular flexibility index (Phi) is 3.07. The van der Waals surface area contributed by atoms with Crippen molar-refractivity contribution >= 4 is 16.8 Å². The van der Waals surface area contributed by atoms with E-state index in [1.165, 1.54) is 6.07 Å². The molecular formula is C18H14FN. The molecule has 2 heteroatoms. The summed E-state index contributed by atoms with van der Waals surface area (Å²) < 4.78 is 13.4. The van der Waals surface area contributed by atoms with Gasteiger partial charge in [-0.15, -0.1) is 0 Å². The van der Waals surface area contributed by atoms with Gasteiger partial charge in [-0.05, 0) is 59.3 Å². The third kappa shape index (κ3) is 2.21. The lowest BCUT2D eigenvalue weighted by Crippen LogP contribution is -1.87. The fraction of sp³-hybridized carbons (Fsp3) is 0.0556. The molecule has 20 heavy (non-hydrogen) atoms. The molecule has 3 aromatic rings. The Morgan fingerprint density at radius 1 is 1.05 bits per heavy atom. The van der Waals surface area contributed by atoms with Crippen LogP contribution in [0.5, 0.6) is 0 Å². The summed E-state index contributed by atoms with van der Waals surface area (Å²) >= 11 is 0. The number of halogens is 1. The third-order valence-corrected chi connectivity index (χ3v) is 3.46. The van der Waals surface area contributed by atoms with E-state index < -0.39 is 0 Å². The number of pyridine rings is 1. The molecule has 1 aromatic heterocycles. The zero-order valence-electron chi connectivity index (χ0n) is 11.2. The molecule has 0 aliphatic rings. The van der Waals surface area contributed by atoms with Crippen molar-refractivity contribution in [2.75, 3.05) is 0 Å². The molecule has 0 N–H and O–H groups in total. The van der Waals surface area contributed by atoms with Gasteiger partial charge in [-0.3, -0.25) is 4.98 Å². The van der Waals surface area contributed by atoms with E-state index in [-0.39, 0.29) is 5.82 Å². The Bertz CT molecular complexity index is 806. The summed E-state index contributed by atoms with van der Waals surface area (Å²) in [6.45, 7) is 5.70. The van der Waals surface area contributed by atoms with Gasteiger partial charge in [-0.1, -0.05) is 24.8 Å². The molecule has 0 unspecified atom stereocenters. The minimum atomic E-state index is -0.217. The van der Waals surface area contributed by atoms with Crippen molar-refractivity contribution in [2.24, 2.45) is 0 Å². The molecule has 0 saturated carbocycles. The highest BCUT2D eigenvalue weighted by Gasteiger charge is 2.05. The zero-order chi connectivity index (χ0) is 14.1. The normalized spacial score (nSPS) is 10.7. The van der Waals surface area contributed by atoms with E-state index in [2.05, 4.69) is 11.6 Å². The Morgan fingerprint density at radius 2 is 1.90 bits per heavy atom. The fourth-order valence-electron chi connectivity index (χ4n) is 2.34. The predicted molar refractivity (Wildman–Crippen MR) is 82.0 cm³/mol. The van der Waals surface area contributed by atoms with Crippen LogP contribution in [0.15, 0.2) is 55.2 Å². The molecule has 0 aliphatic heterocycles. The maximum atomic E-state index is 13.4. The predicted octanol–water partition coefficient (Wildman–Crippen LogP) is 4.99. The van der Waals surface area contributed by atoms with E-state index in [1.807, 2.05) is 37.4 Å². The van der Waals surface area contributed by atoms with Crippen LogP contribution in [0.3, 0.4) is 0 Å². The number of aromatic nitrogens is 1. The molecule has 0 saturated heterocycles. The molecule has 3 rings (SSSR count). The monoisotopic (exact) mass is 263 g/mol. The average Bonchev–Trinajstić information content (AvgIpc) is 2.48. The lowest BCUT2D eigenvalue weighted by Gasteiger charge is -2.08. The third-order valence-electron chi connectivity index (χ3n) is 3.46. The SMILES string of the molecule is C=Cc1cc2ccc(-c3cc(F)ccc3C)cc2cn1. The van der Waals surface area contributed by atoms with E-state index in [4.69, 9.17) is 0 Å². The number of rotatable bonds is 2. The van der Waals surface area contributed by atoms with Crippen molar-refractivity contribution in [3.63, 3.8) is 0 Å². The first-order valence-corrected chi connectivity index (χ1v) is 6.46.